The molecule has 20 heavy (non-hydrogen) atoms. The average molecular weight is 274 g/mol. The van der Waals surface area contributed by atoms with E-state index in [1.54, 1.807) is 24.3 Å². The highest BCUT2D eigenvalue weighted by atomic mass is 19.2. The Morgan fingerprint density at radius 2 is 1.95 bits per heavy atom. The van der Waals surface area contributed by atoms with Crippen LogP contribution >= 0.6 is 0 Å². The smallest absolute Gasteiger partial charge is 0.165 e. The van der Waals surface area contributed by atoms with Crippen LogP contribution in [-0.4, -0.2) is 7.11 Å². The number of benzene rings is 2. The zero-order chi connectivity index (χ0) is 14.5. The van der Waals surface area contributed by atoms with Crippen molar-refractivity contribution in [3.63, 3.8) is 0 Å². The first kappa shape index (κ1) is 13.8. The van der Waals surface area contributed by atoms with E-state index in [0.717, 1.165) is 6.07 Å². The lowest BCUT2D eigenvalue weighted by Crippen LogP contribution is -2.11. The molecule has 0 spiro atoms. The molecule has 2 aromatic rings. The van der Waals surface area contributed by atoms with Crippen molar-refractivity contribution < 1.29 is 13.5 Å². The van der Waals surface area contributed by atoms with Crippen LogP contribution in [0.15, 0.2) is 42.5 Å². The maximum Gasteiger partial charge on any atom is 0.165 e. The number of ether oxygens (including phenoxy) is 1. The van der Waals surface area contributed by atoms with Crippen molar-refractivity contribution in [3.05, 3.63) is 59.7 Å². The first-order chi connectivity index (χ1) is 9.65. The summed E-state index contributed by atoms with van der Waals surface area (Å²) in [6.45, 7) is 0. The summed E-state index contributed by atoms with van der Waals surface area (Å²) < 4.78 is 32.0. The van der Waals surface area contributed by atoms with E-state index < -0.39 is 17.7 Å². The number of rotatable bonds is 4. The molecule has 0 aliphatic heterocycles. The summed E-state index contributed by atoms with van der Waals surface area (Å²) in [6.07, 6.45) is 0. The maximum absolute atomic E-state index is 13.7. The first-order valence-electron chi connectivity index (χ1n) is 5.90. The molecule has 102 valence electrons. The summed E-state index contributed by atoms with van der Waals surface area (Å²) in [4.78, 5) is 0. The molecule has 0 heterocycles. The quantitative estimate of drug-likeness (QED) is 0.925. The third kappa shape index (κ3) is 2.86. The van der Waals surface area contributed by atoms with Gasteiger partial charge in [0.15, 0.2) is 11.6 Å². The molecule has 0 saturated heterocycles. The Morgan fingerprint density at radius 1 is 1.20 bits per heavy atom. The van der Waals surface area contributed by atoms with Crippen LogP contribution < -0.4 is 10.1 Å². The van der Waals surface area contributed by atoms with Gasteiger partial charge in [0, 0.05) is 17.3 Å². The van der Waals surface area contributed by atoms with Gasteiger partial charge in [-0.1, -0.05) is 18.2 Å². The molecule has 0 bridgehead atoms. The molecule has 5 heteroatoms. The van der Waals surface area contributed by atoms with Crippen LogP contribution in [0.5, 0.6) is 5.75 Å². The second-order valence-corrected chi connectivity index (χ2v) is 4.08. The molecular formula is C15H12F2N2O. The van der Waals surface area contributed by atoms with Gasteiger partial charge in [0.1, 0.15) is 11.8 Å². The van der Waals surface area contributed by atoms with Gasteiger partial charge < -0.3 is 10.1 Å². The normalized spacial score (nSPS) is 11.5. The Kier molecular flexibility index (Phi) is 4.16. The average Bonchev–Trinajstić information content (AvgIpc) is 2.48. The van der Waals surface area contributed by atoms with E-state index in [2.05, 4.69) is 5.32 Å². The fourth-order valence-electron chi connectivity index (χ4n) is 1.80. The Bertz CT molecular complexity index is 653. The third-order valence-electron chi connectivity index (χ3n) is 2.80. The summed E-state index contributed by atoms with van der Waals surface area (Å²) in [5.41, 5.74) is 0.551. The molecule has 0 aromatic heterocycles. The third-order valence-corrected chi connectivity index (χ3v) is 2.80. The number of hydrogen-bond acceptors (Lipinski definition) is 3. The molecule has 2 aromatic carbocycles. The highest BCUT2D eigenvalue weighted by Crippen LogP contribution is 2.25. The summed E-state index contributed by atoms with van der Waals surface area (Å²) >= 11 is 0. The molecule has 3 nitrogen and oxygen atoms in total. The lowest BCUT2D eigenvalue weighted by molar-refractivity contribution is 0.415. The Morgan fingerprint density at radius 3 is 2.65 bits per heavy atom. The number of methoxy groups -OCH3 is 1. The minimum atomic E-state index is -1.02. The summed E-state index contributed by atoms with van der Waals surface area (Å²) in [5, 5.41) is 12.0. The van der Waals surface area contributed by atoms with Crippen LogP contribution in [-0.2, 0) is 0 Å². The van der Waals surface area contributed by atoms with E-state index in [1.165, 1.54) is 19.2 Å². The van der Waals surface area contributed by atoms with E-state index in [9.17, 15) is 8.78 Å². The van der Waals surface area contributed by atoms with E-state index in [0.29, 0.717) is 11.4 Å². The predicted molar refractivity (Wildman–Crippen MR) is 71.3 cm³/mol. The van der Waals surface area contributed by atoms with Gasteiger partial charge in [0.05, 0.1) is 13.2 Å². The highest BCUT2D eigenvalue weighted by molar-refractivity contribution is 5.51. The number of nitrogens with one attached hydrogen (secondary N) is 1. The SMILES string of the molecule is COc1cccc(NC(C#N)c2cccc(F)c2F)c1. The monoisotopic (exact) mass is 274 g/mol. The number of nitrogens with zero attached hydrogens (tertiary/aromatic N) is 1. The molecule has 0 amide bonds. The molecule has 0 fully saturated rings. The van der Waals surface area contributed by atoms with Crippen LogP contribution in [0.1, 0.15) is 11.6 Å². The van der Waals surface area contributed by atoms with Gasteiger partial charge in [-0.05, 0) is 18.2 Å². The van der Waals surface area contributed by atoms with E-state index in [4.69, 9.17) is 10.00 Å². The van der Waals surface area contributed by atoms with Gasteiger partial charge in [-0.15, -0.1) is 0 Å². The number of nitriles is 1. The molecule has 1 atom stereocenters. The fourth-order valence-corrected chi connectivity index (χ4v) is 1.80. The molecular weight excluding hydrogens is 262 g/mol. The number of hydrogen-bond donors (Lipinski definition) is 1. The fraction of sp³-hybridized carbons (Fsp3) is 0.133. The largest absolute Gasteiger partial charge is 0.497 e. The number of halogens is 2. The van der Waals surface area contributed by atoms with Gasteiger partial charge in [-0.2, -0.15) is 5.26 Å². The highest BCUT2D eigenvalue weighted by Gasteiger charge is 2.17. The predicted octanol–water partition coefficient (Wildman–Crippen LogP) is 3.65. The minimum Gasteiger partial charge on any atom is -0.497 e. The van der Waals surface area contributed by atoms with Crippen molar-refractivity contribution in [1.29, 1.82) is 5.26 Å². The Hall–Kier alpha value is -2.61. The van der Waals surface area contributed by atoms with Crippen molar-refractivity contribution in [1.82, 2.24) is 0 Å². The van der Waals surface area contributed by atoms with Gasteiger partial charge in [0.2, 0.25) is 0 Å². The van der Waals surface area contributed by atoms with Gasteiger partial charge in [0.25, 0.3) is 0 Å². The van der Waals surface area contributed by atoms with Crippen LogP contribution in [0.25, 0.3) is 0 Å². The van der Waals surface area contributed by atoms with Crippen LogP contribution in [0.3, 0.4) is 0 Å². The summed E-state index contributed by atoms with van der Waals surface area (Å²) in [6, 6.07) is 11.5. The van der Waals surface area contributed by atoms with Crippen molar-refractivity contribution in [2.45, 2.75) is 6.04 Å². The number of anilines is 1. The van der Waals surface area contributed by atoms with Gasteiger partial charge in [-0.3, -0.25) is 0 Å². The van der Waals surface area contributed by atoms with Crippen molar-refractivity contribution in [3.8, 4) is 11.8 Å². The molecule has 0 aliphatic rings. The maximum atomic E-state index is 13.7. The zero-order valence-electron chi connectivity index (χ0n) is 10.7. The molecule has 2 rings (SSSR count). The molecule has 1 unspecified atom stereocenters. The minimum absolute atomic E-state index is 0.0321. The van der Waals surface area contributed by atoms with Crippen LogP contribution in [0.2, 0.25) is 0 Å². The van der Waals surface area contributed by atoms with Crippen LogP contribution in [0.4, 0.5) is 14.5 Å². The second kappa shape index (κ2) is 6.02. The lowest BCUT2D eigenvalue weighted by atomic mass is 10.1. The van der Waals surface area contributed by atoms with Crippen molar-refractivity contribution in [2.75, 3.05) is 12.4 Å². The summed E-state index contributed by atoms with van der Waals surface area (Å²) in [5.74, 6) is -1.39. The summed E-state index contributed by atoms with van der Waals surface area (Å²) in [7, 11) is 1.52. The van der Waals surface area contributed by atoms with E-state index in [-0.39, 0.29) is 5.56 Å². The zero-order valence-corrected chi connectivity index (χ0v) is 10.7. The van der Waals surface area contributed by atoms with Gasteiger partial charge in [-0.25, -0.2) is 8.78 Å². The van der Waals surface area contributed by atoms with Crippen LogP contribution in [0, 0.1) is 23.0 Å². The van der Waals surface area contributed by atoms with Crippen molar-refractivity contribution >= 4 is 5.69 Å². The van der Waals surface area contributed by atoms with Crippen molar-refractivity contribution in [2.24, 2.45) is 0 Å². The molecule has 0 radical (unpaired) electrons. The first-order valence-corrected chi connectivity index (χ1v) is 5.90. The Balaban J connectivity index is 2.29. The van der Waals surface area contributed by atoms with E-state index >= 15 is 0 Å². The van der Waals surface area contributed by atoms with E-state index in [1.807, 2.05) is 6.07 Å². The van der Waals surface area contributed by atoms with Gasteiger partial charge >= 0.3 is 0 Å². The second-order valence-electron chi connectivity index (χ2n) is 4.08. The Labute approximate surface area is 115 Å². The topological polar surface area (TPSA) is 45.0 Å². The standard InChI is InChI=1S/C15H12F2N2O/c1-20-11-5-2-4-10(8-11)19-14(9-18)12-6-3-7-13(16)15(12)17/h2-8,14,19H,1H3. The molecule has 1 N–H and O–H groups in total. The molecule has 0 saturated carbocycles. The lowest BCUT2D eigenvalue weighted by Gasteiger charge is -2.14. The molecule has 0 aliphatic carbocycles.